The van der Waals surface area contributed by atoms with E-state index < -0.39 is 12.0 Å². The first kappa shape index (κ1) is 29.2. The molecule has 0 aliphatic carbocycles. The number of carbonyl (C=O) groups is 1. The first-order valence-corrected chi connectivity index (χ1v) is 6.56. The minimum absolute atomic E-state index is 0.125. The number of amides is 1. The third-order valence-electron chi connectivity index (χ3n) is 1.62. The maximum Gasteiger partial charge on any atom is 0.220 e. The van der Waals surface area contributed by atoms with E-state index in [1.54, 1.807) is 6.92 Å². The molecular formula is C12H31NO9. The Morgan fingerprint density at radius 1 is 0.818 bits per heavy atom. The predicted octanol–water partition coefficient (Wildman–Crippen LogP) is -4.24. The highest BCUT2D eigenvalue weighted by molar-refractivity contribution is 5.76. The molecule has 1 amide bonds. The van der Waals surface area contributed by atoms with Crippen LogP contribution in [0.3, 0.4) is 0 Å². The van der Waals surface area contributed by atoms with Gasteiger partial charge in [0.25, 0.3) is 0 Å². The van der Waals surface area contributed by atoms with Gasteiger partial charge in [0.2, 0.25) is 5.91 Å². The van der Waals surface area contributed by atoms with Crippen molar-refractivity contribution in [1.29, 1.82) is 0 Å². The monoisotopic (exact) mass is 333 g/mol. The van der Waals surface area contributed by atoms with Gasteiger partial charge in [-0.2, -0.15) is 0 Å². The van der Waals surface area contributed by atoms with Crippen LogP contribution in [0.25, 0.3) is 0 Å². The number of hydrogen-bond donors (Lipinski definition) is 9. The molecule has 10 heteroatoms. The van der Waals surface area contributed by atoms with E-state index in [9.17, 15) is 4.79 Å². The molecule has 0 rings (SSSR count). The molecule has 0 aliphatic rings. The highest BCUT2D eigenvalue weighted by atomic mass is 16.3. The normalized spacial score (nSPS) is 11.5. The number of carbonyl (C=O) groups excluding carboxylic acids is 1. The van der Waals surface area contributed by atoms with E-state index in [2.05, 4.69) is 0 Å². The molecule has 0 saturated heterocycles. The smallest absolute Gasteiger partial charge is 0.220 e. The zero-order chi connectivity index (χ0) is 18.4. The van der Waals surface area contributed by atoms with Crippen molar-refractivity contribution in [2.75, 3.05) is 46.2 Å². The third kappa shape index (κ3) is 42.7. The van der Waals surface area contributed by atoms with Crippen molar-refractivity contribution in [3.8, 4) is 0 Å². The summed E-state index contributed by atoms with van der Waals surface area (Å²) in [5.41, 5.74) is 4.91. The van der Waals surface area contributed by atoms with Crippen LogP contribution in [-0.4, -0.2) is 99.1 Å². The molecule has 2 atom stereocenters. The maximum absolute atomic E-state index is 10.4. The van der Waals surface area contributed by atoms with Crippen LogP contribution in [-0.2, 0) is 4.79 Å². The highest BCUT2D eigenvalue weighted by Gasteiger charge is 2.13. The van der Waals surface area contributed by atoms with Crippen LogP contribution in [0.5, 0.6) is 0 Å². The van der Waals surface area contributed by atoms with Crippen LogP contribution in [0.2, 0.25) is 0 Å². The largest absolute Gasteiger partial charge is 0.394 e. The van der Waals surface area contributed by atoms with Crippen molar-refractivity contribution >= 4 is 5.91 Å². The van der Waals surface area contributed by atoms with Gasteiger partial charge in [0.15, 0.2) is 0 Å². The van der Waals surface area contributed by atoms with Crippen molar-refractivity contribution in [2.24, 2.45) is 11.7 Å². The third-order valence-corrected chi connectivity index (χ3v) is 1.62. The van der Waals surface area contributed by atoms with E-state index in [-0.39, 0.29) is 58.6 Å². The van der Waals surface area contributed by atoms with Crippen LogP contribution < -0.4 is 5.73 Å². The van der Waals surface area contributed by atoms with Gasteiger partial charge in [-0.3, -0.25) is 4.79 Å². The van der Waals surface area contributed by atoms with Gasteiger partial charge in [-0.05, 0) is 6.42 Å². The Morgan fingerprint density at radius 3 is 1.23 bits per heavy atom. The zero-order valence-electron chi connectivity index (χ0n) is 12.9. The average molecular weight is 333 g/mol. The minimum atomic E-state index is -0.831. The van der Waals surface area contributed by atoms with Crippen LogP contribution in [0.4, 0.5) is 0 Å². The average Bonchev–Trinajstić information content (AvgIpc) is 2.55. The summed E-state index contributed by atoms with van der Waals surface area (Å²) in [6.07, 6.45) is -0.603. The van der Waals surface area contributed by atoms with E-state index in [1.165, 1.54) is 0 Å². The molecule has 0 aromatic heterocycles. The Balaban J connectivity index is -0.000000112. The van der Waals surface area contributed by atoms with E-state index in [1.807, 2.05) is 0 Å². The molecule has 138 valence electrons. The molecule has 0 aromatic carbocycles. The van der Waals surface area contributed by atoms with Gasteiger partial charge in [-0.15, -0.1) is 0 Å². The lowest BCUT2D eigenvalue weighted by Crippen LogP contribution is -2.26. The van der Waals surface area contributed by atoms with Gasteiger partial charge in [0, 0.05) is 5.92 Å². The molecule has 0 radical (unpaired) electrons. The Bertz CT molecular complexity index is 180. The second-order valence-corrected chi connectivity index (χ2v) is 3.72. The molecular weight excluding hydrogens is 302 g/mol. The van der Waals surface area contributed by atoms with Crippen LogP contribution in [0, 0.1) is 5.92 Å². The fourth-order valence-electron chi connectivity index (χ4n) is 0.599. The lowest BCUT2D eigenvalue weighted by molar-refractivity contribution is -0.122. The van der Waals surface area contributed by atoms with E-state index in [0.717, 1.165) is 0 Å². The minimum Gasteiger partial charge on any atom is -0.394 e. The summed E-state index contributed by atoms with van der Waals surface area (Å²) in [6, 6.07) is 0. The number of aliphatic hydroxyl groups excluding tert-OH is 8. The number of nitrogens with two attached hydrogens (primary N) is 1. The highest BCUT2D eigenvalue weighted by Crippen LogP contribution is 2.03. The summed E-state index contributed by atoms with van der Waals surface area (Å²) in [5.74, 6) is -0.824. The summed E-state index contributed by atoms with van der Waals surface area (Å²) in [6.45, 7) is 0.541. The molecule has 22 heavy (non-hydrogen) atoms. The van der Waals surface area contributed by atoms with Gasteiger partial charge in [-0.1, -0.05) is 6.92 Å². The Morgan fingerprint density at radius 2 is 1.09 bits per heavy atom. The second-order valence-electron chi connectivity index (χ2n) is 3.72. The molecule has 0 saturated carbocycles. The van der Waals surface area contributed by atoms with E-state index in [0.29, 0.717) is 0 Å². The Kier molecular flexibility index (Phi) is 37.6. The molecule has 0 heterocycles. The SMILES string of the molecule is CC(CC(O)CO)C(N)=O.OCCO.OCCO.OCCO. The summed E-state index contributed by atoms with van der Waals surface area (Å²) < 4.78 is 0. The molecule has 0 spiro atoms. The van der Waals surface area contributed by atoms with Crippen molar-refractivity contribution in [3.63, 3.8) is 0 Å². The number of primary amides is 1. The Labute approximate surface area is 130 Å². The second kappa shape index (κ2) is 28.3. The van der Waals surface area contributed by atoms with Gasteiger partial charge >= 0.3 is 0 Å². The molecule has 10 N–H and O–H groups in total. The van der Waals surface area contributed by atoms with Gasteiger partial charge in [0.1, 0.15) is 0 Å². The van der Waals surface area contributed by atoms with Gasteiger partial charge < -0.3 is 46.6 Å². The van der Waals surface area contributed by atoms with Gasteiger partial charge in [0.05, 0.1) is 52.4 Å². The number of aliphatic hydroxyl groups is 8. The quantitative estimate of drug-likeness (QED) is 0.221. The summed E-state index contributed by atoms with van der Waals surface area (Å²) in [4.78, 5) is 10.4. The topological polar surface area (TPSA) is 205 Å². The summed E-state index contributed by atoms with van der Waals surface area (Å²) >= 11 is 0. The van der Waals surface area contributed by atoms with Crippen molar-refractivity contribution in [2.45, 2.75) is 19.4 Å². The fourth-order valence-corrected chi connectivity index (χ4v) is 0.599. The molecule has 10 nitrogen and oxygen atoms in total. The van der Waals surface area contributed by atoms with Crippen molar-refractivity contribution in [1.82, 2.24) is 0 Å². The summed E-state index contributed by atoms with van der Waals surface area (Å²) in [7, 11) is 0. The maximum atomic E-state index is 10.4. The van der Waals surface area contributed by atoms with Crippen LogP contribution in [0.1, 0.15) is 13.3 Å². The molecule has 0 aliphatic heterocycles. The number of hydrogen-bond acceptors (Lipinski definition) is 9. The van der Waals surface area contributed by atoms with Crippen LogP contribution >= 0.6 is 0 Å². The molecule has 0 bridgehead atoms. The molecule has 0 aromatic rings. The van der Waals surface area contributed by atoms with Crippen molar-refractivity contribution in [3.05, 3.63) is 0 Å². The standard InChI is InChI=1S/C6H13NO3.3C2H6O2/c1-4(6(7)10)2-5(9)3-8;3*3-1-2-4/h4-5,8-9H,2-3H2,1H3,(H2,7,10);3*3-4H,1-2H2. The van der Waals surface area contributed by atoms with E-state index >= 15 is 0 Å². The zero-order valence-corrected chi connectivity index (χ0v) is 12.9. The van der Waals surface area contributed by atoms with E-state index in [4.69, 9.17) is 46.6 Å². The first-order chi connectivity index (χ1) is 10.3. The number of rotatable bonds is 7. The summed E-state index contributed by atoms with van der Waals surface area (Å²) in [5, 5.41) is 62.9. The lowest BCUT2D eigenvalue weighted by Gasteiger charge is -2.10. The lowest BCUT2D eigenvalue weighted by atomic mass is 10.0. The van der Waals surface area contributed by atoms with Crippen molar-refractivity contribution < 1.29 is 45.6 Å². The fraction of sp³-hybridized carbons (Fsp3) is 0.917. The molecule has 0 fully saturated rings. The Hall–Kier alpha value is -0.850. The first-order valence-electron chi connectivity index (χ1n) is 6.56. The molecule has 2 unspecified atom stereocenters. The van der Waals surface area contributed by atoms with Crippen LogP contribution in [0.15, 0.2) is 0 Å². The van der Waals surface area contributed by atoms with Gasteiger partial charge in [-0.25, -0.2) is 0 Å². The predicted molar refractivity (Wildman–Crippen MR) is 78.6 cm³/mol.